The van der Waals surface area contributed by atoms with E-state index in [0.717, 1.165) is 5.69 Å². The summed E-state index contributed by atoms with van der Waals surface area (Å²) in [5.41, 5.74) is 1.38. The van der Waals surface area contributed by atoms with Gasteiger partial charge >= 0.3 is 0 Å². The molecule has 0 aliphatic heterocycles. The summed E-state index contributed by atoms with van der Waals surface area (Å²) in [7, 11) is 0. The van der Waals surface area contributed by atoms with Gasteiger partial charge in [-0.15, -0.1) is 0 Å². The highest BCUT2D eigenvalue weighted by atomic mass is 19.1. The van der Waals surface area contributed by atoms with Crippen LogP contribution in [0.25, 0.3) is 0 Å². The molecule has 0 heterocycles. The molecule has 0 aromatic heterocycles. The number of hydrogen-bond acceptors (Lipinski definition) is 1. The van der Waals surface area contributed by atoms with Crippen molar-refractivity contribution in [2.24, 2.45) is 0 Å². The van der Waals surface area contributed by atoms with Gasteiger partial charge in [-0.1, -0.05) is 12.6 Å². The molecule has 0 saturated carbocycles. The highest BCUT2D eigenvalue weighted by Gasteiger charge is 1.99. The van der Waals surface area contributed by atoms with E-state index >= 15 is 0 Å². The average Bonchev–Trinajstić information content (AvgIpc) is 1.99. The molecule has 58 valence electrons. The van der Waals surface area contributed by atoms with E-state index < -0.39 is 0 Å². The molecule has 1 N–H and O–H groups in total. The second-order valence-electron chi connectivity index (χ2n) is 2.26. The topological polar surface area (TPSA) is 12.0 Å². The van der Waals surface area contributed by atoms with Crippen molar-refractivity contribution in [2.75, 3.05) is 5.32 Å². The number of rotatable bonds is 2. The highest BCUT2D eigenvalue weighted by molar-refractivity contribution is 5.52. The summed E-state index contributed by atoms with van der Waals surface area (Å²) in [5.74, 6) is -0.197. The molecule has 0 fully saturated rings. The first-order valence-electron chi connectivity index (χ1n) is 3.38. The molecular formula is C9H10FN. The maximum absolute atomic E-state index is 12.8. The summed E-state index contributed by atoms with van der Waals surface area (Å²) < 4.78 is 12.8. The van der Waals surface area contributed by atoms with Gasteiger partial charge in [0.1, 0.15) is 5.82 Å². The minimum absolute atomic E-state index is 0.197. The van der Waals surface area contributed by atoms with Gasteiger partial charge in [-0.25, -0.2) is 4.39 Å². The fourth-order valence-electron chi connectivity index (χ4n) is 0.874. The zero-order valence-electron chi connectivity index (χ0n) is 6.39. The monoisotopic (exact) mass is 151 g/mol. The van der Waals surface area contributed by atoms with Crippen LogP contribution in [-0.2, 0) is 0 Å². The molecule has 0 aliphatic rings. The zero-order valence-corrected chi connectivity index (χ0v) is 6.39. The second kappa shape index (κ2) is 3.19. The van der Waals surface area contributed by atoms with Crippen LogP contribution in [0.3, 0.4) is 0 Å². The van der Waals surface area contributed by atoms with E-state index in [9.17, 15) is 4.39 Å². The van der Waals surface area contributed by atoms with Crippen molar-refractivity contribution in [3.8, 4) is 0 Å². The fourth-order valence-corrected chi connectivity index (χ4v) is 0.874. The molecule has 0 bridgehead atoms. The average molecular weight is 151 g/mol. The Morgan fingerprint density at radius 1 is 1.55 bits per heavy atom. The summed E-state index contributed by atoms with van der Waals surface area (Å²) in [6.45, 7) is 5.22. The van der Waals surface area contributed by atoms with E-state index in [1.807, 2.05) is 0 Å². The minimum Gasteiger partial charge on any atom is -0.362 e. The standard InChI is InChI=1S/C9H10FN/c1-3-11-9-6-4-5-8(10)7(9)2/h3-6,11H,1H2,2H3. The van der Waals surface area contributed by atoms with Gasteiger partial charge < -0.3 is 5.32 Å². The SMILES string of the molecule is C=CNc1cccc(F)c1C. The van der Waals surface area contributed by atoms with Crippen LogP contribution in [0.5, 0.6) is 0 Å². The van der Waals surface area contributed by atoms with Crippen LogP contribution in [0.2, 0.25) is 0 Å². The molecule has 0 atom stereocenters. The molecule has 0 saturated heterocycles. The number of halogens is 1. The van der Waals surface area contributed by atoms with Gasteiger partial charge in [-0.2, -0.15) is 0 Å². The smallest absolute Gasteiger partial charge is 0.128 e. The third kappa shape index (κ3) is 1.58. The Morgan fingerprint density at radius 2 is 2.27 bits per heavy atom. The van der Waals surface area contributed by atoms with Crippen molar-refractivity contribution in [1.82, 2.24) is 0 Å². The Hall–Kier alpha value is -1.31. The molecule has 0 unspecified atom stereocenters. The molecule has 0 amide bonds. The lowest BCUT2D eigenvalue weighted by Crippen LogP contribution is -1.91. The van der Waals surface area contributed by atoms with Crippen LogP contribution in [0.4, 0.5) is 10.1 Å². The molecule has 11 heavy (non-hydrogen) atoms. The van der Waals surface area contributed by atoms with E-state index in [0.29, 0.717) is 5.56 Å². The molecule has 0 radical (unpaired) electrons. The van der Waals surface area contributed by atoms with E-state index in [-0.39, 0.29) is 5.82 Å². The predicted octanol–water partition coefficient (Wildman–Crippen LogP) is 2.69. The Balaban J connectivity index is 3.05. The third-order valence-corrected chi connectivity index (χ3v) is 1.53. The first-order chi connectivity index (χ1) is 5.25. The van der Waals surface area contributed by atoms with Crippen LogP contribution in [0.15, 0.2) is 31.0 Å². The number of nitrogens with one attached hydrogen (secondary N) is 1. The van der Waals surface area contributed by atoms with Crippen molar-refractivity contribution >= 4 is 5.69 Å². The normalized spacial score (nSPS) is 9.27. The van der Waals surface area contributed by atoms with Gasteiger partial charge in [0, 0.05) is 11.3 Å². The molecule has 0 spiro atoms. The lowest BCUT2D eigenvalue weighted by Gasteiger charge is -2.04. The summed E-state index contributed by atoms with van der Waals surface area (Å²) in [5, 5.41) is 2.84. The molecule has 1 rings (SSSR count). The maximum Gasteiger partial charge on any atom is 0.128 e. The van der Waals surface area contributed by atoms with E-state index in [4.69, 9.17) is 0 Å². The van der Waals surface area contributed by atoms with E-state index in [1.165, 1.54) is 12.3 Å². The maximum atomic E-state index is 12.8. The van der Waals surface area contributed by atoms with Crippen LogP contribution in [0, 0.1) is 12.7 Å². The van der Waals surface area contributed by atoms with Crippen molar-refractivity contribution in [2.45, 2.75) is 6.92 Å². The van der Waals surface area contributed by atoms with E-state index in [1.54, 1.807) is 19.1 Å². The fraction of sp³-hybridized carbons (Fsp3) is 0.111. The summed E-state index contributed by atoms with van der Waals surface area (Å²) in [4.78, 5) is 0. The summed E-state index contributed by atoms with van der Waals surface area (Å²) >= 11 is 0. The Labute approximate surface area is 65.6 Å². The van der Waals surface area contributed by atoms with Crippen molar-refractivity contribution in [3.05, 3.63) is 42.4 Å². The molecule has 1 aromatic carbocycles. The van der Waals surface area contributed by atoms with Gasteiger partial charge in [0.05, 0.1) is 0 Å². The predicted molar refractivity (Wildman–Crippen MR) is 45.0 cm³/mol. The first-order valence-corrected chi connectivity index (χ1v) is 3.38. The van der Waals surface area contributed by atoms with Gasteiger partial charge in [-0.3, -0.25) is 0 Å². The summed E-state index contributed by atoms with van der Waals surface area (Å²) in [6, 6.07) is 4.90. The largest absolute Gasteiger partial charge is 0.362 e. The van der Waals surface area contributed by atoms with Crippen LogP contribution >= 0.6 is 0 Å². The number of anilines is 1. The zero-order chi connectivity index (χ0) is 8.27. The molecule has 0 aliphatic carbocycles. The Kier molecular flexibility index (Phi) is 2.26. The van der Waals surface area contributed by atoms with Crippen LogP contribution < -0.4 is 5.32 Å². The van der Waals surface area contributed by atoms with Crippen molar-refractivity contribution in [1.29, 1.82) is 0 Å². The van der Waals surface area contributed by atoms with Gasteiger partial charge in [0.2, 0.25) is 0 Å². The minimum atomic E-state index is -0.197. The molecule has 2 heteroatoms. The van der Waals surface area contributed by atoms with Crippen molar-refractivity contribution in [3.63, 3.8) is 0 Å². The summed E-state index contributed by atoms with van der Waals surface area (Å²) in [6.07, 6.45) is 1.53. The van der Waals surface area contributed by atoms with Crippen molar-refractivity contribution < 1.29 is 4.39 Å². The molecular weight excluding hydrogens is 141 g/mol. The molecule has 1 nitrogen and oxygen atoms in total. The number of benzene rings is 1. The second-order valence-corrected chi connectivity index (χ2v) is 2.26. The quantitative estimate of drug-likeness (QED) is 0.685. The lowest BCUT2D eigenvalue weighted by atomic mass is 10.2. The van der Waals surface area contributed by atoms with Crippen LogP contribution in [-0.4, -0.2) is 0 Å². The number of hydrogen-bond donors (Lipinski definition) is 1. The first kappa shape index (κ1) is 7.79. The van der Waals surface area contributed by atoms with Gasteiger partial charge in [-0.05, 0) is 25.3 Å². The Bertz CT molecular complexity index is 268. The van der Waals surface area contributed by atoms with Crippen LogP contribution in [0.1, 0.15) is 5.56 Å². The lowest BCUT2D eigenvalue weighted by molar-refractivity contribution is 0.619. The highest BCUT2D eigenvalue weighted by Crippen LogP contribution is 2.16. The van der Waals surface area contributed by atoms with Gasteiger partial charge in [0.25, 0.3) is 0 Å². The molecule has 1 aromatic rings. The third-order valence-electron chi connectivity index (χ3n) is 1.53. The van der Waals surface area contributed by atoms with Gasteiger partial charge in [0.15, 0.2) is 0 Å². The Morgan fingerprint density at radius 3 is 2.91 bits per heavy atom. The van der Waals surface area contributed by atoms with E-state index in [2.05, 4.69) is 11.9 Å².